The molecule has 39 heavy (non-hydrogen) atoms. The van der Waals surface area contributed by atoms with Crippen molar-refractivity contribution in [1.29, 1.82) is 0 Å². The van der Waals surface area contributed by atoms with Crippen LogP contribution in [0.1, 0.15) is 51.7 Å². The molecule has 0 aliphatic carbocycles. The summed E-state index contributed by atoms with van der Waals surface area (Å²) < 4.78 is 45.5. The lowest BCUT2D eigenvalue weighted by Crippen LogP contribution is -2.46. The molecular weight excluding hydrogens is 515 g/mol. The van der Waals surface area contributed by atoms with E-state index in [1.807, 2.05) is 0 Å². The Balaban J connectivity index is 1.76. The Morgan fingerprint density at radius 3 is 2.46 bits per heavy atom. The van der Waals surface area contributed by atoms with Crippen LogP contribution in [0.5, 0.6) is 5.75 Å². The molecule has 0 fully saturated rings. The average Bonchev–Trinajstić information content (AvgIpc) is 3.42. The molecule has 12 heteroatoms. The number of nitrogens with one attached hydrogen (secondary N) is 1. The molecule has 0 aliphatic heterocycles. The molecule has 0 unspecified atom stereocenters. The zero-order valence-electron chi connectivity index (χ0n) is 21.7. The maximum absolute atomic E-state index is 13.4. The highest BCUT2D eigenvalue weighted by Crippen LogP contribution is 2.30. The molecular formula is C27H28F3N5O4. The zero-order chi connectivity index (χ0) is 28.8. The van der Waals surface area contributed by atoms with Gasteiger partial charge in [0.2, 0.25) is 5.91 Å². The fraction of sp³-hybridized carbons (Fsp3) is 0.296. The number of aromatic nitrogens is 3. The van der Waals surface area contributed by atoms with Crippen molar-refractivity contribution in [2.45, 2.75) is 38.1 Å². The first kappa shape index (κ1) is 29.1. The number of hydrogen-bond acceptors (Lipinski definition) is 6. The average molecular weight is 544 g/mol. The number of rotatable bonds is 11. The van der Waals surface area contributed by atoms with E-state index < -0.39 is 23.2 Å². The minimum absolute atomic E-state index is 0.0298. The van der Waals surface area contributed by atoms with Gasteiger partial charge in [0.15, 0.2) is 6.29 Å². The summed E-state index contributed by atoms with van der Waals surface area (Å²) in [6.45, 7) is 5.46. The third-order valence-corrected chi connectivity index (χ3v) is 6.44. The Morgan fingerprint density at radius 1 is 1.18 bits per heavy atom. The number of ether oxygens (including phenoxy) is 1. The van der Waals surface area contributed by atoms with E-state index in [9.17, 15) is 27.6 Å². The Bertz CT molecular complexity index is 1350. The Hall–Kier alpha value is -4.48. The van der Waals surface area contributed by atoms with Gasteiger partial charge in [0.25, 0.3) is 5.91 Å². The van der Waals surface area contributed by atoms with Crippen molar-refractivity contribution in [2.24, 2.45) is 0 Å². The number of halogens is 3. The highest BCUT2D eigenvalue weighted by atomic mass is 19.4. The van der Waals surface area contributed by atoms with Gasteiger partial charge in [-0.15, -0.1) is 11.7 Å². The highest BCUT2D eigenvalue weighted by molar-refractivity contribution is 6.03. The van der Waals surface area contributed by atoms with Crippen LogP contribution in [-0.2, 0) is 17.6 Å². The molecule has 3 aromatic rings. The number of hydrogen-bond donors (Lipinski definition) is 1. The van der Waals surface area contributed by atoms with E-state index in [2.05, 4.69) is 22.2 Å². The number of alkyl halides is 3. The molecule has 0 radical (unpaired) electrons. The lowest BCUT2D eigenvalue weighted by atomic mass is 9.92. The molecule has 0 spiro atoms. The summed E-state index contributed by atoms with van der Waals surface area (Å²) in [5.74, 6) is -0.503. The number of benzene rings is 2. The molecule has 0 saturated heterocycles. The molecule has 1 N–H and O–H groups in total. The molecule has 0 aliphatic rings. The zero-order valence-corrected chi connectivity index (χ0v) is 21.7. The van der Waals surface area contributed by atoms with Crippen molar-refractivity contribution in [2.75, 3.05) is 14.1 Å². The SMILES string of the molecule is C=C[C@](C)(CCC(=O)NC)N(C)C(=O)c1cccc(OCc2cn(-c3ccc(C(F)(F)F)cc3)nn2)c1C=O. The molecule has 1 aromatic heterocycles. The largest absolute Gasteiger partial charge is 0.486 e. The van der Waals surface area contributed by atoms with Gasteiger partial charge in [-0.25, -0.2) is 4.68 Å². The molecule has 2 aromatic carbocycles. The number of aldehydes is 1. The Morgan fingerprint density at radius 2 is 1.87 bits per heavy atom. The molecule has 0 bridgehead atoms. The summed E-state index contributed by atoms with van der Waals surface area (Å²) in [6.07, 6.45) is -0.377. The number of nitrogens with zero attached hydrogens (tertiary/aromatic N) is 4. The number of carbonyl (C=O) groups excluding carboxylic acids is 3. The predicted octanol–water partition coefficient (Wildman–Crippen LogP) is 4.22. The van der Waals surface area contributed by atoms with Crippen molar-refractivity contribution in [3.8, 4) is 11.4 Å². The van der Waals surface area contributed by atoms with Gasteiger partial charge in [-0.05, 0) is 49.7 Å². The standard InChI is InChI=1S/C27H28F3N5O4/c1-5-26(2,14-13-24(37)31-3)34(4)25(38)21-7-6-8-23(22(21)16-36)39-17-19-15-35(33-32-19)20-11-9-18(10-12-20)27(28,29)30/h5-12,15-16H,1,13-14,17H2,2-4H3,(H,31,37)/t26-/m1/s1. The van der Waals surface area contributed by atoms with Crippen molar-refractivity contribution in [3.63, 3.8) is 0 Å². The summed E-state index contributed by atoms with van der Waals surface area (Å²) in [4.78, 5) is 38.6. The van der Waals surface area contributed by atoms with Crippen LogP contribution in [0.2, 0.25) is 0 Å². The predicted molar refractivity (Wildman–Crippen MR) is 137 cm³/mol. The van der Waals surface area contributed by atoms with Gasteiger partial charge in [0.1, 0.15) is 18.1 Å². The second-order valence-electron chi connectivity index (χ2n) is 8.92. The van der Waals surface area contributed by atoms with Crippen LogP contribution in [0.25, 0.3) is 5.69 Å². The summed E-state index contributed by atoms with van der Waals surface area (Å²) >= 11 is 0. The molecule has 206 valence electrons. The first-order chi connectivity index (χ1) is 18.4. The van der Waals surface area contributed by atoms with E-state index in [4.69, 9.17) is 4.74 Å². The maximum atomic E-state index is 13.4. The van der Waals surface area contributed by atoms with Crippen LogP contribution in [0, 0.1) is 0 Å². The van der Waals surface area contributed by atoms with Crippen molar-refractivity contribution in [1.82, 2.24) is 25.2 Å². The number of carbonyl (C=O) groups is 3. The summed E-state index contributed by atoms with van der Waals surface area (Å²) in [5, 5.41) is 10.4. The first-order valence-electron chi connectivity index (χ1n) is 11.9. The molecule has 3 rings (SSSR count). The Labute approximate surface area is 223 Å². The van der Waals surface area contributed by atoms with Crippen molar-refractivity contribution in [3.05, 3.63) is 83.7 Å². The van der Waals surface area contributed by atoms with E-state index in [1.165, 1.54) is 47.1 Å². The third kappa shape index (κ3) is 6.70. The summed E-state index contributed by atoms with van der Waals surface area (Å²) in [5.41, 5.74) is -0.802. The van der Waals surface area contributed by atoms with E-state index in [1.54, 1.807) is 26.1 Å². The van der Waals surface area contributed by atoms with Crippen LogP contribution < -0.4 is 10.1 Å². The first-order valence-corrected chi connectivity index (χ1v) is 11.9. The minimum atomic E-state index is -4.45. The van der Waals surface area contributed by atoms with Gasteiger partial charge < -0.3 is 15.0 Å². The topological polar surface area (TPSA) is 106 Å². The van der Waals surface area contributed by atoms with E-state index in [0.29, 0.717) is 24.1 Å². The van der Waals surface area contributed by atoms with Crippen LogP contribution >= 0.6 is 0 Å². The molecule has 0 saturated carbocycles. The minimum Gasteiger partial charge on any atom is -0.486 e. The van der Waals surface area contributed by atoms with Crippen LogP contribution in [0.15, 0.2) is 61.3 Å². The van der Waals surface area contributed by atoms with E-state index in [-0.39, 0.29) is 35.8 Å². The second-order valence-corrected chi connectivity index (χ2v) is 8.92. The van der Waals surface area contributed by atoms with Gasteiger partial charge in [0.05, 0.1) is 34.1 Å². The van der Waals surface area contributed by atoms with Crippen molar-refractivity contribution >= 4 is 18.1 Å². The second kappa shape index (κ2) is 11.9. The fourth-order valence-corrected chi connectivity index (χ4v) is 3.73. The van der Waals surface area contributed by atoms with E-state index in [0.717, 1.165) is 12.1 Å². The fourth-order valence-electron chi connectivity index (χ4n) is 3.73. The van der Waals surface area contributed by atoms with Gasteiger partial charge >= 0.3 is 6.18 Å². The number of likely N-dealkylation sites (N-methyl/N-ethyl adjacent to an activating group) is 1. The third-order valence-electron chi connectivity index (χ3n) is 6.44. The summed E-state index contributed by atoms with van der Waals surface area (Å²) in [7, 11) is 3.09. The Kier molecular flexibility index (Phi) is 8.89. The smallest absolute Gasteiger partial charge is 0.416 e. The maximum Gasteiger partial charge on any atom is 0.416 e. The van der Waals surface area contributed by atoms with Gasteiger partial charge in [-0.2, -0.15) is 13.2 Å². The van der Waals surface area contributed by atoms with Gasteiger partial charge in [-0.3, -0.25) is 14.4 Å². The van der Waals surface area contributed by atoms with Crippen LogP contribution in [-0.4, -0.2) is 57.6 Å². The summed E-state index contributed by atoms with van der Waals surface area (Å²) in [6, 6.07) is 9.02. The van der Waals surface area contributed by atoms with E-state index >= 15 is 0 Å². The van der Waals surface area contributed by atoms with Crippen LogP contribution in [0.4, 0.5) is 13.2 Å². The quantitative estimate of drug-likeness (QED) is 0.287. The molecule has 1 atom stereocenters. The van der Waals surface area contributed by atoms with Crippen LogP contribution in [0.3, 0.4) is 0 Å². The van der Waals surface area contributed by atoms with Gasteiger partial charge in [0, 0.05) is 20.5 Å². The normalized spacial score (nSPS) is 12.8. The monoisotopic (exact) mass is 543 g/mol. The number of amides is 2. The molecule has 1 heterocycles. The lowest BCUT2D eigenvalue weighted by Gasteiger charge is -2.36. The lowest BCUT2D eigenvalue weighted by molar-refractivity contribution is -0.137. The van der Waals surface area contributed by atoms with Crippen molar-refractivity contribution < 1.29 is 32.3 Å². The molecule has 2 amide bonds. The van der Waals surface area contributed by atoms with Gasteiger partial charge in [-0.1, -0.05) is 17.4 Å². The highest BCUT2D eigenvalue weighted by Gasteiger charge is 2.32. The molecule has 9 nitrogen and oxygen atoms in total.